The molecule has 1 saturated heterocycles. The fraction of sp³-hybridized carbons (Fsp3) is 0.471. The maximum atomic E-state index is 12.5. The molecule has 1 heterocycles. The number of benzene rings is 1. The Labute approximate surface area is 146 Å². The fourth-order valence-corrected chi connectivity index (χ4v) is 2.62. The van der Waals surface area contributed by atoms with Crippen molar-refractivity contribution in [3.63, 3.8) is 0 Å². The van der Waals surface area contributed by atoms with Crippen LogP contribution in [0.5, 0.6) is 5.75 Å². The summed E-state index contributed by atoms with van der Waals surface area (Å²) in [6.07, 6.45) is 1.41. The van der Waals surface area contributed by atoms with E-state index in [1.807, 2.05) is 13.8 Å². The molecule has 1 aliphatic heterocycles. The van der Waals surface area contributed by atoms with Gasteiger partial charge in [-0.1, -0.05) is 0 Å². The second-order valence-corrected chi connectivity index (χ2v) is 6.15. The first-order chi connectivity index (χ1) is 11.9. The van der Waals surface area contributed by atoms with Gasteiger partial charge in [-0.05, 0) is 51.0 Å². The summed E-state index contributed by atoms with van der Waals surface area (Å²) in [6.45, 7) is 3.88. The lowest BCUT2D eigenvalue weighted by atomic mass is 10.2. The van der Waals surface area contributed by atoms with E-state index in [2.05, 4.69) is 10.6 Å². The molecule has 1 aromatic rings. The number of ether oxygens (including phenoxy) is 1. The van der Waals surface area contributed by atoms with Crippen molar-refractivity contribution in [1.82, 2.24) is 10.2 Å². The number of carboxylic acid groups (broad SMARTS) is 1. The van der Waals surface area contributed by atoms with Gasteiger partial charge in [0.05, 0.1) is 0 Å². The van der Waals surface area contributed by atoms with E-state index >= 15 is 0 Å². The van der Waals surface area contributed by atoms with Crippen LogP contribution in [0.1, 0.15) is 26.7 Å². The molecule has 0 spiro atoms. The van der Waals surface area contributed by atoms with E-state index in [0.717, 1.165) is 6.42 Å². The topological polar surface area (TPSA) is 108 Å². The first kappa shape index (κ1) is 18.6. The molecular formula is C17H23N3O5. The number of rotatable bonds is 6. The Bertz CT molecular complexity index is 630. The summed E-state index contributed by atoms with van der Waals surface area (Å²) in [5, 5.41) is 14.2. The zero-order chi connectivity index (χ0) is 18.4. The number of carbonyl (C=O) groups excluding carboxylic acids is 2. The largest absolute Gasteiger partial charge is 0.482 e. The lowest BCUT2D eigenvalue weighted by Gasteiger charge is -2.25. The molecule has 3 N–H and O–H groups in total. The van der Waals surface area contributed by atoms with Crippen LogP contribution in [0.25, 0.3) is 0 Å². The average Bonchev–Trinajstić information content (AvgIpc) is 3.03. The van der Waals surface area contributed by atoms with Crippen LogP contribution in [-0.4, -0.2) is 53.1 Å². The molecule has 1 aromatic carbocycles. The van der Waals surface area contributed by atoms with Gasteiger partial charge < -0.3 is 25.4 Å². The molecule has 25 heavy (non-hydrogen) atoms. The van der Waals surface area contributed by atoms with Crippen molar-refractivity contribution >= 4 is 23.6 Å². The summed E-state index contributed by atoms with van der Waals surface area (Å²) < 4.78 is 5.04. The monoisotopic (exact) mass is 349 g/mol. The quantitative estimate of drug-likeness (QED) is 0.724. The number of urea groups is 1. The Balaban J connectivity index is 1.94. The van der Waals surface area contributed by atoms with E-state index in [0.29, 0.717) is 24.4 Å². The molecule has 0 unspecified atom stereocenters. The molecule has 0 saturated carbocycles. The summed E-state index contributed by atoms with van der Waals surface area (Å²) in [4.78, 5) is 36.7. The Morgan fingerprint density at radius 2 is 1.96 bits per heavy atom. The van der Waals surface area contributed by atoms with E-state index < -0.39 is 18.6 Å². The van der Waals surface area contributed by atoms with Crippen LogP contribution < -0.4 is 15.4 Å². The van der Waals surface area contributed by atoms with Crippen molar-refractivity contribution < 1.29 is 24.2 Å². The number of nitrogens with one attached hydrogen (secondary N) is 2. The lowest BCUT2D eigenvalue weighted by Crippen LogP contribution is -2.49. The van der Waals surface area contributed by atoms with Gasteiger partial charge in [0.1, 0.15) is 11.8 Å². The normalized spacial score (nSPS) is 16.6. The maximum Gasteiger partial charge on any atom is 0.341 e. The minimum Gasteiger partial charge on any atom is -0.482 e. The first-order valence-corrected chi connectivity index (χ1v) is 8.19. The average molecular weight is 349 g/mol. The Morgan fingerprint density at radius 1 is 1.28 bits per heavy atom. The summed E-state index contributed by atoms with van der Waals surface area (Å²) in [5.41, 5.74) is 0.559. The molecule has 2 rings (SSSR count). The Morgan fingerprint density at radius 3 is 2.56 bits per heavy atom. The molecule has 0 aromatic heterocycles. The van der Waals surface area contributed by atoms with Crippen LogP contribution in [0.15, 0.2) is 24.3 Å². The van der Waals surface area contributed by atoms with E-state index in [1.165, 1.54) is 0 Å². The highest BCUT2D eigenvalue weighted by molar-refractivity contribution is 5.97. The maximum absolute atomic E-state index is 12.5. The smallest absolute Gasteiger partial charge is 0.341 e. The van der Waals surface area contributed by atoms with Crippen molar-refractivity contribution in [2.45, 2.75) is 38.8 Å². The number of likely N-dealkylation sites (tertiary alicyclic amines) is 1. The summed E-state index contributed by atoms with van der Waals surface area (Å²) in [7, 11) is 0. The number of hydrogen-bond acceptors (Lipinski definition) is 4. The molecule has 1 aliphatic rings. The van der Waals surface area contributed by atoms with E-state index in [9.17, 15) is 14.4 Å². The number of carboxylic acids is 1. The summed E-state index contributed by atoms with van der Waals surface area (Å²) >= 11 is 0. The number of nitrogens with zero attached hydrogens (tertiary/aromatic N) is 1. The third-order valence-corrected chi connectivity index (χ3v) is 3.71. The lowest BCUT2D eigenvalue weighted by molar-refractivity contribution is -0.139. The van der Waals surface area contributed by atoms with Gasteiger partial charge in [0, 0.05) is 18.3 Å². The summed E-state index contributed by atoms with van der Waals surface area (Å²) in [5.74, 6) is -0.895. The first-order valence-electron chi connectivity index (χ1n) is 8.19. The fourth-order valence-electron chi connectivity index (χ4n) is 2.62. The third-order valence-electron chi connectivity index (χ3n) is 3.71. The van der Waals surface area contributed by atoms with Crippen LogP contribution in [0.2, 0.25) is 0 Å². The molecule has 8 nitrogen and oxygen atoms in total. The van der Waals surface area contributed by atoms with Gasteiger partial charge in [-0.2, -0.15) is 0 Å². The highest BCUT2D eigenvalue weighted by atomic mass is 16.5. The van der Waals surface area contributed by atoms with Gasteiger partial charge in [-0.3, -0.25) is 4.79 Å². The minimum atomic E-state index is -1.06. The Hall–Kier alpha value is -2.77. The van der Waals surface area contributed by atoms with Gasteiger partial charge >= 0.3 is 12.0 Å². The van der Waals surface area contributed by atoms with Crippen LogP contribution in [0, 0.1) is 0 Å². The van der Waals surface area contributed by atoms with Gasteiger partial charge in [0.15, 0.2) is 6.61 Å². The van der Waals surface area contributed by atoms with Crippen molar-refractivity contribution in [1.29, 1.82) is 0 Å². The van der Waals surface area contributed by atoms with Gasteiger partial charge in [0.25, 0.3) is 0 Å². The zero-order valence-corrected chi connectivity index (χ0v) is 14.3. The molecule has 1 atom stereocenters. The molecule has 0 aliphatic carbocycles. The van der Waals surface area contributed by atoms with Gasteiger partial charge in [-0.15, -0.1) is 0 Å². The third kappa shape index (κ3) is 5.37. The number of carbonyl (C=O) groups is 3. The number of hydrogen-bond donors (Lipinski definition) is 3. The van der Waals surface area contributed by atoms with E-state index in [4.69, 9.17) is 9.84 Å². The van der Waals surface area contributed by atoms with Crippen molar-refractivity contribution in [2.24, 2.45) is 0 Å². The Kier molecular flexibility index (Phi) is 6.21. The molecule has 0 radical (unpaired) electrons. The predicted octanol–water partition coefficient (Wildman–Crippen LogP) is 1.67. The second-order valence-electron chi connectivity index (χ2n) is 6.15. The number of amides is 3. The zero-order valence-electron chi connectivity index (χ0n) is 14.3. The number of aliphatic carboxylic acids is 1. The van der Waals surface area contributed by atoms with Gasteiger partial charge in [-0.25, -0.2) is 9.59 Å². The molecule has 3 amide bonds. The van der Waals surface area contributed by atoms with Crippen molar-refractivity contribution in [2.75, 3.05) is 18.5 Å². The van der Waals surface area contributed by atoms with Gasteiger partial charge in [0.2, 0.25) is 5.91 Å². The predicted molar refractivity (Wildman–Crippen MR) is 91.6 cm³/mol. The van der Waals surface area contributed by atoms with E-state index in [1.54, 1.807) is 29.2 Å². The van der Waals surface area contributed by atoms with Crippen LogP contribution in [0.4, 0.5) is 10.5 Å². The highest BCUT2D eigenvalue weighted by Crippen LogP contribution is 2.21. The van der Waals surface area contributed by atoms with Crippen molar-refractivity contribution in [3.05, 3.63) is 24.3 Å². The van der Waals surface area contributed by atoms with Crippen LogP contribution in [0.3, 0.4) is 0 Å². The molecule has 1 fully saturated rings. The molecule has 136 valence electrons. The highest BCUT2D eigenvalue weighted by Gasteiger charge is 2.34. The number of anilines is 1. The molecule has 8 heteroatoms. The minimum absolute atomic E-state index is 0.00941. The van der Waals surface area contributed by atoms with E-state index in [-0.39, 0.29) is 18.0 Å². The van der Waals surface area contributed by atoms with Crippen LogP contribution >= 0.6 is 0 Å². The SMILES string of the molecule is CC(C)NC(=O)N1CCC[C@H]1C(=O)Nc1ccc(OCC(=O)O)cc1. The second kappa shape index (κ2) is 8.36. The van der Waals surface area contributed by atoms with Crippen molar-refractivity contribution in [3.8, 4) is 5.75 Å². The van der Waals surface area contributed by atoms with Crippen LogP contribution in [-0.2, 0) is 9.59 Å². The standard InChI is InChI=1S/C17H23N3O5/c1-11(2)18-17(24)20-9-3-4-14(20)16(23)19-12-5-7-13(8-6-12)25-10-15(21)22/h5-8,11,14H,3-4,9-10H2,1-2H3,(H,18,24)(H,19,23)(H,21,22)/t14-/m0/s1. The summed E-state index contributed by atoms with van der Waals surface area (Å²) in [6, 6.07) is 5.69. The molecule has 0 bridgehead atoms. The molecular weight excluding hydrogens is 326 g/mol.